The Bertz CT molecular complexity index is 855. The highest BCUT2D eigenvalue weighted by molar-refractivity contribution is 6.31. The molecular formula is C20H20ClN3. The van der Waals surface area contributed by atoms with Crippen molar-refractivity contribution in [2.45, 2.75) is 6.92 Å². The summed E-state index contributed by atoms with van der Waals surface area (Å²) in [6, 6.07) is 18.7. The van der Waals surface area contributed by atoms with E-state index in [0.717, 1.165) is 42.5 Å². The molecule has 2 heterocycles. The van der Waals surface area contributed by atoms with Gasteiger partial charge in [-0.3, -0.25) is 0 Å². The van der Waals surface area contributed by atoms with Gasteiger partial charge in [-0.15, -0.1) is 0 Å². The Labute approximate surface area is 147 Å². The molecule has 0 atom stereocenters. The molecule has 0 N–H and O–H groups in total. The van der Waals surface area contributed by atoms with Crippen molar-refractivity contribution < 1.29 is 0 Å². The molecule has 0 bridgehead atoms. The van der Waals surface area contributed by atoms with Gasteiger partial charge < -0.3 is 9.80 Å². The van der Waals surface area contributed by atoms with E-state index in [-0.39, 0.29) is 0 Å². The van der Waals surface area contributed by atoms with Crippen molar-refractivity contribution in [1.82, 2.24) is 4.98 Å². The van der Waals surface area contributed by atoms with E-state index in [1.54, 1.807) is 0 Å². The van der Waals surface area contributed by atoms with E-state index >= 15 is 0 Å². The molecule has 4 heteroatoms. The summed E-state index contributed by atoms with van der Waals surface area (Å²) in [6.07, 6.45) is 0. The summed E-state index contributed by atoms with van der Waals surface area (Å²) in [5.41, 5.74) is 3.52. The zero-order chi connectivity index (χ0) is 16.5. The van der Waals surface area contributed by atoms with Crippen molar-refractivity contribution in [1.29, 1.82) is 0 Å². The molecule has 3 aromatic rings. The second-order valence-corrected chi connectivity index (χ2v) is 6.70. The van der Waals surface area contributed by atoms with Crippen molar-refractivity contribution in [3.8, 4) is 0 Å². The molecule has 2 aromatic carbocycles. The van der Waals surface area contributed by atoms with Gasteiger partial charge in [-0.1, -0.05) is 35.9 Å². The van der Waals surface area contributed by atoms with E-state index in [1.165, 1.54) is 16.6 Å². The monoisotopic (exact) mass is 337 g/mol. The lowest BCUT2D eigenvalue weighted by molar-refractivity contribution is 0.648. The zero-order valence-electron chi connectivity index (χ0n) is 13.7. The number of aryl methyl sites for hydroxylation is 1. The molecule has 1 saturated heterocycles. The summed E-state index contributed by atoms with van der Waals surface area (Å²) >= 11 is 6.14. The maximum atomic E-state index is 6.14. The minimum atomic E-state index is 0.737. The third kappa shape index (κ3) is 2.92. The molecular weight excluding hydrogens is 318 g/mol. The summed E-state index contributed by atoms with van der Waals surface area (Å²) in [5.74, 6) is 1.05. The van der Waals surface area contributed by atoms with E-state index in [1.807, 2.05) is 12.1 Å². The van der Waals surface area contributed by atoms with Crippen LogP contribution in [0, 0.1) is 6.92 Å². The lowest BCUT2D eigenvalue weighted by Crippen LogP contribution is -2.46. The highest BCUT2D eigenvalue weighted by atomic mass is 35.5. The number of anilines is 2. The number of para-hydroxylation sites is 1. The van der Waals surface area contributed by atoms with Crippen molar-refractivity contribution >= 4 is 34.0 Å². The average molecular weight is 338 g/mol. The molecule has 1 fully saturated rings. The van der Waals surface area contributed by atoms with Crippen LogP contribution in [0.1, 0.15) is 5.56 Å². The van der Waals surface area contributed by atoms with Gasteiger partial charge in [-0.05, 0) is 42.8 Å². The summed E-state index contributed by atoms with van der Waals surface area (Å²) < 4.78 is 0. The number of fused-ring (bicyclic) bond motifs is 1. The fourth-order valence-corrected chi connectivity index (χ4v) is 3.52. The minimum absolute atomic E-state index is 0.737. The number of pyridine rings is 1. The van der Waals surface area contributed by atoms with Gasteiger partial charge in [0.15, 0.2) is 0 Å². The van der Waals surface area contributed by atoms with Gasteiger partial charge in [0.25, 0.3) is 0 Å². The maximum absolute atomic E-state index is 6.14. The zero-order valence-corrected chi connectivity index (χ0v) is 14.5. The Morgan fingerprint density at radius 3 is 2.33 bits per heavy atom. The number of hydrogen-bond donors (Lipinski definition) is 0. The van der Waals surface area contributed by atoms with E-state index < -0.39 is 0 Å². The quantitative estimate of drug-likeness (QED) is 0.685. The van der Waals surface area contributed by atoms with Crippen molar-refractivity contribution in [2.75, 3.05) is 36.0 Å². The number of piperazine rings is 1. The first kappa shape index (κ1) is 15.3. The first-order valence-corrected chi connectivity index (χ1v) is 8.70. The Morgan fingerprint density at radius 1 is 0.875 bits per heavy atom. The summed E-state index contributed by atoms with van der Waals surface area (Å²) in [5, 5.41) is 1.91. The fraction of sp³-hybridized carbons (Fsp3) is 0.250. The van der Waals surface area contributed by atoms with Crippen LogP contribution in [0.4, 0.5) is 11.5 Å². The largest absolute Gasteiger partial charge is 0.368 e. The molecule has 0 saturated carbocycles. The van der Waals surface area contributed by atoms with E-state index in [0.29, 0.717) is 0 Å². The first-order valence-electron chi connectivity index (χ1n) is 8.32. The van der Waals surface area contributed by atoms with Crippen LogP contribution in [-0.4, -0.2) is 31.2 Å². The third-order valence-electron chi connectivity index (χ3n) is 4.69. The molecule has 122 valence electrons. The van der Waals surface area contributed by atoms with Crippen LogP contribution in [0.3, 0.4) is 0 Å². The number of benzene rings is 2. The van der Waals surface area contributed by atoms with Crippen molar-refractivity contribution in [2.24, 2.45) is 0 Å². The summed E-state index contributed by atoms with van der Waals surface area (Å²) in [4.78, 5) is 9.64. The van der Waals surface area contributed by atoms with Gasteiger partial charge >= 0.3 is 0 Å². The highest BCUT2D eigenvalue weighted by Gasteiger charge is 2.19. The molecule has 0 unspecified atom stereocenters. The van der Waals surface area contributed by atoms with Gasteiger partial charge in [0.2, 0.25) is 0 Å². The van der Waals surface area contributed by atoms with Gasteiger partial charge in [-0.25, -0.2) is 4.98 Å². The lowest BCUT2D eigenvalue weighted by Gasteiger charge is -2.37. The van der Waals surface area contributed by atoms with E-state index in [2.05, 4.69) is 59.2 Å². The van der Waals surface area contributed by atoms with Crippen LogP contribution in [0.15, 0.2) is 54.6 Å². The molecule has 3 nitrogen and oxygen atoms in total. The molecule has 24 heavy (non-hydrogen) atoms. The SMILES string of the molecule is Cc1cc(N2CCN(c3ccccc3)CC2)nc2cc(Cl)ccc12. The van der Waals surface area contributed by atoms with Gasteiger partial charge in [0, 0.05) is 42.3 Å². The van der Waals surface area contributed by atoms with Crippen LogP contribution in [0.5, 0.6) is 0 Å². The molecule has 0 amide bonds. The van der Waals surface area contributed by atoms with Crippen molar-refractivity contribution in [3.05, 3.63) is 65.2 Å². The standard InChI is InChI=1S/C20H20ClN3/c1-15-13-20(22-19-14-16(21)7-8-18(15)19)24-11-9-23(10-12-24)17-5-3-2-4-6-17/h2-8,13-14H,9-12H2,1H3. The Balaban J connectivity index is 1.56. The first-order chi connectivity index (χ1) is 11.7. The fourth-order valence-electron chi connectivity index (χ4n) is 3.35. The maximum Gasteiger partial charge on any atom is 0.129 e. The lowest BCUT2D eigenvalue weighted by atomic mass is 10.1. The Kier molecular flexibility index (Phi) is 4.03. The number of halogens is 1. The normalized spacial score (nSPS) is 15.1. The van der Waals surface area contributed by atoms with Crippen LogP contribution >= 0.6 is 11.6 Å². The van der Waals surface area contributed by atoms with E-state index in [9.17, 15) is 0 Å². The molecule has 1 aromatic heterocycles. The van der Waals surface area contributed by atoms with Crippen molar-refractivity contribution in [3.63, 3.8) is 0 Å². The Hall–Kier alpha value is -2.26. The van der Waals surface area contributed by atoms with Gasteiger partial charge in [-0.2, -0.15) is 0 Å². The summed E-state index contributed by atoms with van der Waals surface area (Å²) in [7, 11) is 0. The van der Waals surface area contributed by atoms with Crippen LogP contribution < -0.4 is 9.80 Å². The molecule has 0 spiro atoms. The predicted molar refractivity (Wildman–Crippen MR) is 102 cm³/mol. The molecule has 0 radical (unpaired) electrons. The van der Waals surface area contributed by atoms with Gasteiger partial charge in [0.05, 0.1) is 5.52 Å². The number of aromatic nitrogens is 1. The Morgan fingerprint density at radius 2 is 1.58 bits per heavy atom. The second kappa shape index (κ2) is 6.33. The average Bonchev–Trinajstić information content (AvgIpc) is 2.62. The van der Waals surface area contributed by atoms with Crippen LogP contribution in [-0.2, 0) is 0 Å². The molecule has 0 aliphatic carbocycles. The van der Waals surface area contributed by atoms with Crippen LogP contribution in [0.25, 0.3) is 10.9 Å². The minimum Gasteiger partial charge on any atom is -0.368 e. The molecule has 1 aliphatic rings. The summed E-state index contributed by atoms with van der Waals surface area (Å²) in [6.45, 7) is 6.12. The number of nitrogens with zero attached hydrogens (tertiary/aromatic N) is 3. The topological polar surface area (TPSA) is 19.4 Å². The number of rotatable bonds is 2. The second-order valence-electron chi connectivity index (χ2n) is 6.27. The molecule has 4 rings (SSSR count). The predicted octanol–water partition coefficient (Wildman–Crippen LogP) is 4.52. The van der Waals surface area contributed by atoms with Crippen LogP contribution in [0.2, 0.25) is 5.02 Å². The smallest absolute Gasteiger partial charge is 0.129 e. The molecule has 1 aliphatic heterocycles. The highest BCUT2D eigenvalue weighted by Crippen LogP contribution is 2.26. The van der Waals surface area contributed by atoms with Gasteiger partial charge in [0.1, 0.15) is 5.82 Å². The number of hydrogen-bond acceptors (Lipinski definition) is 3. The van der Waals surface area contributed by atoms with E-state index in [4.69, 9.17) is 16.6 Å². The third-order valence-corrected chi connectivity index (χ3v) is 4.93.